The molecule has 2 N–H and O–H groups in total. The second-order valence-electron chi connectivity index (χ2n) is 7.90. The summed E-state index contributed by atoms with van der Waals surface area (Å²) in [6.45, 7) is 6.79. The number of rotatable bonds is 4. The van der Waals surface area contributed by atoms with Crippen LogP contribution in [0.1, 0.15) is 49.2 Å². The van der Waals surface area contributed by atoms with Crippen LogP contribution >= 0.6 is 0 Å². The molecule has 1 saturated heterocycles. The van der Waals surface area contributed by atoms with Crippen molar-refractivity contribution in [2.75, 3.05) is 13.1 Å². The first-order valence-electron chi connectivity index (χ1n) is 9.06. The Bertz CT molecular complexity index is 787. The molecule has 1 fully saturated rings. The number of aliphatic hydroxyl groups is 1. The van der Waals surface area contributed by atoms with Gasteiger partial charge in [0.1, 0.15) is 11.5 Å². The van der Waals surface area contributed by atoms with Crippen molar-refractivity contribution in [2.45, 2.75) is 45.6 Å². The number of carbonyl (C=O) groups is 1. The van der Waals surface area contributed by atoms with Crippen LogP contribution in [0.5, 0.6) is 0 Å². The summed E-state index contributed by atoms with van der Waals surface area (Å²) in [5.74, 6) is -0.0288. The lowest BCUT2D eigenvalue weighted by Gasteiger charge is -2.34. The molecule has 5 nitrogen and oxygen atoms in total. The Hall–Kier alpha value is -2.21. The van der Waals surface area contributed by atoms with E-state index in [2.05, 4.69) is 10.2 Å². The van der Waals surface area contributed by atoms with E-state index >= 15 is 0 Å². The highest BCUT2D eigenvalue weighted by molar-refractivity contribution is 5.93. The summed E-state index contributed by atoms with van der Waals surface area (Å²) in [6, 6.07) is 6.57. The minimum atomic E-state index is -0.673. The molecule has 0 aliphatic carbocycles. The maximum Gasteiger partial charge on any atom is 0.271 e. The summed E-state index contributed by atoms with van der Waals surface area (Å²) in [4.78, 5) is 14.5. The Kier molecular flexibility index (Phi) is 5.14. The zero-order chi connectivity index (χ0) is 18.9. The van der Waals surface area contributed by atoms with E-state index in [0.717, 1.165) is 24.8 Å². The molecular weight excluding hydrogens is 333 g/mol. The molecule has 0 bridgehead atoms. The van der Waals surface area contributed by atoms with Crippen molar-refractivity contribution in [3.05, 3.63) is 41.3 Å². The third kappa shape index (κ3) is 4.30. The fourth-order valence-corrected chi connectivity index (χ4v) is 3.61. The summed E-state index contributed by atoms with van der Waals surface area (Å²) in [7, 11) is 0. The van der Waals surface area contributed by atoms with E-state index in [1.54, 1.807) is 17.0 Å². The number of hydrogen-bond donors (Lipinski definition) is 2. The van der Waals surface area contributed by atoms with Crippen LogP contribution in [-0.2, 0) is 0 Å². The molecule has 1 amide bonds. The number of halogens is 1. The van der Waals surface area contributed by atoms with Crippen LogP contribution in [0, 0.1) is 18.7 Å². The van der Waals surface area contributed by atoms with E-state index < -0.39 is 5.60 Å². The van der Waals surface area contributed by atoms with Gasteiger partial charge >= 0.3 is 0 Å². The van der Waals surface area contributed by atoms with Gasteiger partial charge in [-0.05, 0) is 69.7 Å². The number of nitrogens with one attached hydrogen (secondary N) is 1. The highest BCUT2D eigenvalue weighted by Crippen LogP contribution is 2.27. The minimum Gasteiger partial charge on any atom is -0.390 e. The van der Waals surface area contributed by atoms with E-state index in [1.165, 1.54) is 6.07 Å². The van der Waals surface area contributed by atoms with Crippen molar-refractivity contribution in [1.82, 2.24) is 15.1 Å². The SMILES string of the molecule is Cc1ccc(-c2cc(C(=O)N3CCC(CC(C)(C)O)CC3)[nH]n2)c(F)c1. The van der Waals surface area contributed by atoms with Crippen molar-refractivity contribution in [2.24, 2.45) is 5.92 Å². The minimum absolute atomic E-state index is 0.113. The number of aromatic amines is 1. The number of H-pyrrole nitrogens is 1. The number of aryl methyl sites for hydroxylation is 1. The predicted octanol–water partition coefficient (Wildman–Crippen LogP) is 3.54. The van der Waals surface area contributed by atoms with Crippen molar-refractivity contribution in [3.8, 4) is 11.3 Å². The van der Waals surface area contributed by atoms with Gasteiger partial charge in [-0.25, -0.2) is 4.39 Å². The van der Waals surface area contributed by atoms with Gasteiger partial charge in [0.05, 0.1) is 11.3 Å². The van der Waals surface area contributed by atoms with Gasteiger partial charge in [0, 0.05) is 18.7 Å². The molecule has 26 heavy (non-hydrogen) atoms. The Morgan fingerprint density at radius 1 is 1.35 bits per heavy atom. The van der Waals surface area contributed by atoms with E-state index in [0.29, 0.717) is 36.0 Å². The number of amides is 1. The molecule has 0 unspecified atom stereocenters. The van der Waals surface area contributed by atoms with E-state index in [4.69, 9.17) is 0 Å². The first kappa shape index (κ1) is 18.6. The molecule has 1 aromatic carbocycles. The molecule has 0 saturated carbocycles. The van der Waals surface area contributed by atoms with Gasteiger partial charge < -0.3 is 10.0 Å². The fourth-order valence-electron chi connectivity index (χ4n) is 3.61. The molecule has 1 aromatic heterocycles. The standard InChI is InChI=1S/C20H26FN3O2/c1-13-4-5-15(16(21)10-13)17-11-18(23-22-17)19(25)24-8-6-14(7-9-24)12-20(2,3)26/h4-5,10-11,14,26H,6-9,12H2,1-3H3,(H,22,23). The Balaban J connectivity index is 1.66. The molecule has 140 valence electrons. The first-order valence-corrected chi connectivity index (χ1v) is 9.06. The third-order valence-electron chi connectivity index (χ3n) is 4.90. The van der Waals surface area contributed by atoms with Gasteiger partial charge in [-0.2, -0.15) is 5.10 Å². The Morgan fingerprint density at radius 3 is 2.65 bits per heavy atom. The van der Waals surface area contributed by atoms with Gasteiger partial charge in [-0.1, -0.05) is 6.07 Å². The molecule has 1 aliphatic rings. The summed E-state index contributed by atoms with van der Waals surface area (Å²) < 4.78 is 14.1. The number of benzene rings is 1. The van der Waals surface area contributed by atoms with Crippen molar-refractivity contribution in [3.63, 3.8) is 0 Å². The van der Waals surface area contributed by atoms with Gasteiger partial charge in [0.25, 0.3) is 5.91 Å². The number of hydrogen-bond acceptors (Lipinski definition) is 3. The van der Waals surface area contributed by atoms with Crippen LogP contribution in [0.2, 0.25) is 0 Å². The number of aromatic nitrogens is 2. The van der Waals surface area contributed by atoms with E-state index in [1.807, 2.05) is 26.8 Å². The molecule has 0 radical (unpaired) electrons. The van der Waals surface area contributed by atoms with Gasteiger partial charge in [0.15, 0.2) is 0 Å². The molecular formula is C20H26FN3O2. The fraction of sp³-hybridized carbons (Fsp3) is 0.500. The summed E-state index contributed by atoms with van der Waals surface area (Å²) in [5.41, 5.74) is 1.36. The summed E-state index contributed by atoms with van der Waals surface area (Å²) >= 11 is 0. The number of nitrogens with zero attached hydrogens (tertiary/aromatic N) is 2. The van der Waals surface area contributed by atoms with Crippen molar-refractivity contribution < 1.29 is 14.3 Å². The number of likely N-dealkylation sites (tertiary alicyclic amines) is 1. The topological polar surface area (TPSA) is 69.2 Å². The zero-order valence-corrected chi connectivity index (χ0v) is 15.6. The van der Waals surface area contributed by atoms with E-state index in [9.17, 15) is 14.3 Å². The monoisotopic (exact) mass is 359 g/mol. The lowest BCUT2D eigenvalue weighted by atomic mass is 9.86. The lowest BCUT2D eigenvalue weighted by molar-refractivity contribution is 0.0357. The largest absolute Gasteiger partial charge is 0.390 e. The van der Waals surface area contributed by atoms with Crippen LogP contribution in [0.25, 0.3) is 11.3 Å². The van der Waals surface area contributed by atoms with Crippen molar-refractivity contribution in [1.29, 1.82) is 0 Å². The van der Waals surface area contributed by atoms with E-state index in [-0.39, 0.29) is 11.7 Å². The highest BCUT2D eigenvalue weighted by atomic mass is 19.1. The second-order valence-corrected chi connectivity index (χ2v) is 7.90. The maximum atomic E-state index is 14.1. The van der Waals surface area contributed by atoms with Crippen LogP contribution in [0.15, 0.2) is 24.3 Å². The molecule has 0 spiro atoms. The van der Waals surface area contributed by atoms with Crippen LogP contribution in [0.3, 0.4) is 0 Å². The molecule has 2 aromatic rings. The van der Waals surface area contributed by atoms with Gasteiger partial charge in [-0.3, -0.25) is 9.89 Å². The average Bonchev–Trinajstić information content (AvgIpc) is 3.03. The van der Waals surface area contributed by atoms with Crippen LogP contribution in [-0.4, -0.2) is 44.8 Å². The smallest absolute Gasteiger partial charge is 0.271 e. The predicted molar refractivity (Wildman–Crippen MR) is 98.3 cm³/mol. The van der Waals surface area contributed by atoms with Crippen molar-refractivity contribution >= 4 is 5.91 Å². The molecule has 6 heteroatoms. The molecule has 0 atom stereocenters. The first-order chi connectivity index (χ1) is 12.2. The Labute approximate surface area is 153 Å². The molecule has 1 aliphatic heterocycles. The lowest BCUT2D eigenvalue weighted by Crippen LogP contribution is -2.40. The summed E-state index contributed by atoms with van der Waals surface area (Å²) in [5, 5.41) is 16.8. The number of piperidine rings is 1. The Morgan fingerprint density at radius 2 is 2.04 bits per heavy atom. The maximum absolute atomic E-state index is 14.1. The second kappa shape index (κ2) is 7.19. The average molecular weight is 359 g/mol. The van der Waals surface area contributed by atoms with Crippen LogP contribution in [0.4, 0.5) is 4.39 Å². The summed E-state index contributed by atoms with van der Waals surface area (Å²) in [6.07, 6.45) is 2.50. The highest BCUT2D eigenvalue weighted by Gasteiger charge is 2.28. The zero-order valence-electron chi connectivity index (χ0n) is 15.6. The normalized spacial score (nSPS) is 16.1. The molecule has 3 rings (SSSR count). The van der Waals surface area contributed by atoms with Gasteiger partial charge in [0.2, 0.25) is 0 Å². The van der Waals surface area contributed by atoms with Gasteiger partial charge in [-0.15, -0.1) is 0 Å². The quantitative estimate of drug-likeness (QED) is 0.877. The number of carbonyl (C=O) groups excluding carboxylic acids is 1. The van der Waals surface area contributed by atoms with Crippen LogP contribution < -0.4 is 0 Å². The third-order valence-corrected chi connectivity index (χ3v) is 4.90. The molecule has 2 heterocycles.